The molecule has 1 heterocycles. The van der Waals surface area contributed by atoms with Crippen LogP contribution in [-0.2, 0) is 9.59 Å². The fraction of sp³-hybridized carbons (Fsp3) is 0.833. The van der Waals surface area contributed by atoms with Gasteiger partial charge in [0.1, 0.15) is 11.6 Å². The van der Waals surface area contributed by atoms with Gasteiger partial charge in [-0.3, -0.25) is 9.59 Å². The maximum Gasteiger partial charge on any atom is 0.248 e. The number of hydrogen-bond donors (Lipinski definition) is 1. The predicted molar refractivity (Wildman–Crippen MR) is 60.7 cm³/mol. The Balaban J connectivity index is 2.28. The molecule has 2 amide bonds. The second-order valence-corrected chi connectivity index (χ2v) is 5.53. The topological polar surface area (TPSA) is 49.4 Å². The van der Waals surface area contributed by atoms with E-state index in [1.54, 1.807) is 13.8 Å². The molecule has 16 heavy (non-hydrogen) atoms. The van der Waals surface area contributed by atoms with Gasteiger partial charge in [0, 0.05) is 6.04 Å². The van der Waals surface area contributed by atoms with Crippen molar-refractivity contribution in [3.63, 3.8) is 0 Å². The Morgan fingerprint density at radius 1 is 1.44 bits per heavy atom. The number of carbonyl (C=O) groups excluding carboxylic acids is 2. The smallest absolute Gasteiger partial charge is 0.248 e. The van der Waals surface area contributed by atoms with Crippen LogP contribution in [-0.4, -0.2) is 34.3 Å². The number of carbonyl (C=O) groups is 2. The van der Waals surface area contributed by atoms with Crippen molar-refractivity contribution in [1.82, 2.24) is 10.2 Å². The lowest BCUT2D eigenvalue weighted by Gasteiger charge is -2.43. The van der Waals surface area contributed by atoms with Crippen molar-refractivity contribution < 1.29 is 9.59 Å². The molecule has 4 heteroatoms. The molecule has 1 saturated heterocycles. The minimum atomic E-state index is -0.745. The van der Waals surface area contributed by atoms with E-state index in [1.807, 2.05) is 11.8 Å². The number of nitrogens with zero attached hydrogens (tertiary/aromatic N) is 1. The van der Waals surface area contributed by atoms with E-state index in [9.17, 15) is 9.59 Å². The molecule has 1 N–H and O–H groups in total. The summed E-state index contributed by atoms with van der Waals surface area (Å²) in [7, 11) is 0. The zero-order chi connectivity index (χ0) is 12.1. The average Bonchev–Trinajstić information content (AvgIpc) is 2.87. The van der Waals surface area contributed by atoms with Crippen molar-refractivity contribution in [3.8, 4) is 0 Å². The minimum absolute atomic E-state index is 0.00815. The summed E-state index contributed by atoms with van der Waals surface area (Å²) in [6, 6.07) is 0.0123. The summed E-state index contributed by atoms with van der Waals surface area (Å²) in [5.74, 6) is 0.596. The zero-order valence-corrected chi connectivity index (χ0v) is 10.4. The van der Waals surface area contributed by atoms with E-state index in [1.165, 1.54) is 0 Å². The summed E-state index contributed by atoms with van der Waals surface area (Å²) in [5, 5.41) is 2.80. The van der Waals surface area contributed by atoms with Crippen LogP contribution in [0.5, 0.6) is 0 Å². The number of amides is 2. The van der Waals surface area contributed by atoms with E-state index in [2.05, 4.69) is 12.2 Å². The first kappa shape index (κ1) is 11.4. The lowest BCUT2D eigenvalue weighted by molar-refractivity contribution is -0.154. The summed E-state index contributed by atoms with van der Waals surface area (Å²) < 4.78 is 0. The van der Waals surface area contributed by atoms with Crippen LogP contribution in [0.15, 0.2) is 0 Å². The minimum Gasteiger partial charge on any atom is -0.340 e. The van der Waals surface area contributed by atoms with Crippen LogP contribution in [0.4, 0.5) is 0 Å². The van der Waals surface area contributed by atoms with Crippen LogP contribution >= 0.6 is 0 Å². The first-order chi connectivity index (χ1) is 7.38. The predicted octanol–water partition coefficient (Wildman–Crippen LogP) is 0.910. The van der Waals surface area contributed by atoms with Crippen molar-refractivity contribution in [2.45, 2.75) is 58.2 Å². The first-order valence-corrected chi connectivity index (χ1v) is 6.03. The average molecular weight is 224 g/mol. The molecule has 0 aromatic rings. The third kappa shape index (κ3) is 1.60. The molecule has 0 aromatic heterocycles. The van der Waals surface area contributed by atoms with Crippen LogP contribution in [0.25, 0.3) is 0 Å². The van der Waals surface area contributed by atoms with Gasteiger partial charge < -0.3 is 10.2 Å². The van der Waals surface area contributed by atoms with Gasteiger partial charge in [0.2, 0.25) is 11.8 Å². The van der Waals surface area contributed by atoms with E-state index in [-0.39, 0.29) is 23.9 Å². The zero-order valence-electron chi connectivity index (χ0n) is 10.4. The van der Waals surface area contributed by atoms with Crippen molar-refractivity contribution in [3.05, 3.63) is 0 Å². The molecule has 3 unspecified atom stereocenters. The molecular formula is C12H20N2O2. The van der Waals surface area contributed by atoms with E-state index >= 15 is 0 Å². The molecule has 1 saturated carbocycles. The monoisotopic (exact) mass is 224 g/mol. The number of piperazine rings is 1. The summed E-state index contributed by atoms with van der Waals surface area (Å²) in [4.78, 5) is 26.1. The fourth-order valence-electron chi connectivity index (χ4n) is 2.49. The first-order valence-electron chi connectivity index (χ1n) is 6.03. The van der Waals surface area contributed by atoms with Crippen LogP contribution in [0.3, 0.4) is 0 Å². The standard InChI is InChI=1S/C12H20N2O2/c1-5-8-10(15)13-12(3,4)11(16)14(8)9-6-7(9)2/h7-9H,5-6H2,1-4H3,(H,13,15). The van der Waals surface area contributed by atoms with E-state index in [0.29, 0.717) is 12.3 Å². The van der Waals surface area contributed by atoms with Crippen molar-refractivity contribution >= 4 is 11.8 Å². The molecule has 1 aliphatic carbocycles. The third-order valence-electron chi connectivity index (χ3n) is 3.65. The Morgan fingerprint density at radius 2 is 2.00 bits per heavy atom. The Kier molecular flexibility index (Phi) is 2.48. The van der Waals surface area contributed by atoms with Gasteiger partial charge in [-0.25, -0.2) is 0 Å². The maximum atomic E-state index is 12.3. The Bertz CT molecular complexity index is 338. The maximum absolute atomic E-state index is 12.3. The highest BCUT2D eigenvalue weighted by Gasteiger charge is 2.52. The number of rotatable bonds is 2. The molecule has 0 spiro atoms. The number of nitrogens with one attached hydrogen (secondary N) is 1. The normalized spacial score (nSPS) is 37.2. The van der Waals surface area contributed by atoms with Gasteiger partial charge in [-0.1, -0.05) is 13.8 Å². The molecule has 3 atom stereocenters. The molecule has 4 nitrogen and oxygen atoms in total. The van der Waals surface area contributed by atoms with Crippen LogP contribution < -0.4 is 5.32 Å². The van der Waals surface area contributed by atoms with Gasteiger partial charge in [0.05, 0.1) is 0 Å². The van der Waals surface area contributed by atoms with E-state index in [4.69, 9.17) is 0 Å². The van der Waals surface area contributed by atoms with Gasteiger partial charge in [0.15, 0.2) is 0 Å². The van der Waals surface area contributed by atoms with E-state index < -0.39 is 5.54 Å². The fourth-order valence-corrected chi connectivity index (χ4v) is 2.49. The Hall–Kier alpha value is -1.06. The second kappa shape index (κ2) is 3.47. The van der Waals surface area contributed by atoms with E-state index in [0.717, 1.165) is 6.42 Å². The number of hydrogen-bond acceptors (Lipinski definition) is 2. The molecule has 2 fully saturated rings. The second-order valence-electron chi connectivity index (χ2n) is 5.53. The van der Waals surface area contributed by atoms with Gasteiger partial charge >= 0.3 is 0 Å². The molecule has 2 aliphatic rings. The molecule has 2 rings (SSSR count). The van der Waals surface area contributed by atoms with Crippen molar-refractivity contribution in [2.75, 3.05) is 0 Å². The molecule has 0 aromatic carbocycles. The molecule has 90 valence electrons. The van der Waals surface area contributed by atoms with Crippen LogP contribution in [0.2, 0.25) is 0 Å². The summed E-state index contributed by atoms with van der Waals surface area (Å²) in [6.07, 6.45) is 1.72. The Morgan fingerprint density at radius 3 is 2.44 bits per heavy atom. The SMILES string of the molecule is CCC1C(=O)NC(C)(C)C(=O)N1C1CC1C. The molecule has 0 bridgehead atoms. The molecular weight excluding hydrogens is 204 g/mol. The lowest BCUT2D eigenvalue weighted by atomic mass is 9.95. The molecule has 0 radical (unpaired) electrons. The third-order valence-corrected chi connectivity index (χ3v) is 3.65. The Labute approximate surface area is 96.4 Å². The summed E-state index contributed by atoms with van der Waals surface area (Å²) >= 11 is 0. The van der Waals surface area contributed by atoms with Gasteiger partial charge in [-0.05, 0) is 32.6 Å². The van der Waals surface area contributed by atoms with Gasteiger partial charge in [0.25, 0.3) is 0 Å². The van der Waals surface area contributed by atoms with Crippen LogP contribution in [0.1, 0.15) is 40.5 Å². The summed E-state index contributed by atoms with van der Waals surface area (Å²) in [6.45, 7) is 7.64. The van der Waals surface area contributed by atoms with Gasteiger partial charge in [-0.15, -0.1) is 0 Å². The highest BCUT2D eigenvalue weighted by Crippen LogP contribution is 2.39. The lowest BCUT2D eigenvalue weighted by Crippen LogP contribution is -2.68. The van der Waals surface area contributed by atoms with Crippen molar-refractivity contribution in [1.29, 1.82) is 0 Å². The highest BCUT2D eigenvalue weighted by atomic mass is 16.2. The quantitative estimate of drug-likeness (QED) is 0.758. The highest BCUT2D eigenvalue weighted by molar-refractivity contribution is 5.99. The van der Waals surface area contributed by atoms with Crippen LogP contribution in [0, 0.1) is 5.92 Å². The molecule has 1 aliphatic heterocycles. The summed E-state index contributed by atoms with van der Waals surface area (Å²) in [5.41, 5.74) is -0.745. The largest absolute Gasteiger partial charge is 0.340 e. The van der Waals surface area contributed by atoms with Gasteiger partial charge in [-0.2, -0.15) is 0 Å². The van der Waals surface area contributed by atoms with Crippen molar-refractivity contribution in [2.24, 2.45) is 5.92 Å².